The van der Waals surface area contributed by atoms with Gasteiger partial charge >= 0.3 is 0 Å². The summed E-state index contributed by atoms with van der Waals surface area (Å²) in [6, 6.07) is 11.9. The average molecular weight is 453 g/mol. The van der Waals surface area contributed by atoms with Crippen molar-refractivity contribution < 1.29 is 24.4 Å². The SMILES string of the molecule is CCN(CC)c1ccc(C2/C(=C(/O)c3ccc([N+](=O)[O-])cc3)C(=O)C(=O)N2CCOC)cc1. The fourth-order valence-electron chi connectivity index (χ4n) is 4.00. The fraction of sp³-hybridized carbons (Fsp3) is 0.333. The van der Waals surface area contributed by atoms with Crippen LogP contribution >= 0.6 is 0 Å². The van der Waals surface area contributed by atoms with Crippen molar-refractivity contribution in [3.05, 3.63) is 75.3 Å². The Hall–Kier alpha value is -3.72. The largest absolute Gasteiger partial charge is 0.507 e. The van der Waals surface area contributed by atoms with Gasteiger partial charge in [-0.15, -0.1) is 0 Å². The molecule has 0 bridgehead atoms. The normalized spacial score (nSPS) is 17.4. The van der Waals surface area contributed by atoms with Crippen molar-refractivity contribution in [2.75, 3.05) is 38.3 Å². The molecule has 1 aliphatic heterocycles. The molecule has 1 unspecified atom stereocenters. The lowest BCUT2D eigenvalue weighted by molar-refractivity contribution is -0.384. The number of Topliss-reactive ketones (excluding diaryl/α,β-unsaturated/α-hetero) is 1. The monoisotopic (exact) mass is 453 g/mol. The van der Waals surface area contributed by atoms with Crippen LogP contribution in [0.3, 0.4) is 0 Å². The van der Waals surface area contributed by atoms with Gasteiger partial charge in [-0.25, -0.2) is 0 Å². The summed E-state index contributed by atoms with van der Waals surface area (Å²) in [5, 5.41) is 21.9. The summed E-state index contributed by atoms with van der Waals surface area (Å²) in [6.45, 7) is 6.17. The predicted molar refractivity (Wildman–Crippen MR) is 124 cm³/mol. The summed E-state index contributed by atoms with van der Waals surface area (Å²) in [5.41, 5.74) is 1.70. The first-order chi connectivity index (χ1) is 15.8. The number of aliphatic hydroxyl groups is 1. The minimum Gasteiger partial charge on any atom is -0.507 e. The third kappa shape index (κ3) is 4.73. The number of hydrogen-bond acceptors (Lipinski definition) is 7. The van der Waals surface area contributed by atoms with E-state index >= 15 is 0 Å². The van der Waals surface area contributed by atoms with E-state index in [0.717, 1.165) is 18.8 Å². The van der Waals surface area contributed by atoms with Crippen molar-refractivity contribution in [1.29, 1.82) is 0 Å². The molecule has 9 heteroatoms. The number of nitro groups is 1. The Bertz CT molecular complexity index is 1060. The molecule has 0 aromatic heterocycles. The zero-order valence-electron chi connectivity index (χ0n) is 18.9. The van der Waals surface area contributed by atoms with E-state index in [4.69, 9.17) is 4.74 Å². The first-order valence-corrected chi connectivity index (χ1v) is 10.7. The van der Waals surface area contributed by atoms with Gasteiger partial charge in [-0.3, -0.25) is 19.7 Å². The smallest absolute Gasteiger partial charge is 0.295 e. The molecule has 1 atom stereocenters. The van der Waals surface area contributed by atoms with Crippen LogP contribution in [-0.4, -0.2) is 60.0 Å². The summed E-state index contributed by atoms with van der Waals surface area (Å²) >= 11 is 0. The number of hydrogen-bond donors (Lipinski definition) is 1. The van der Waals surface area contributed by atoms with Crippen LogP contribution in [-0.2, 0) is 14.3 Å². The van der Waals surface area contributed by atoms with E-state index in [9.17, 15) is 24.8 Å². The van der Waals surface area contributed by atoms with Crippen molar-refractivity contribution in [1.82, 2.24) is 4.90 Å². The summed E-state index contributed by atoms with van der Waals surface area (Å²) in [4.78, 5) is 39.7. The van der Waals surface area contributed by atoms with Crippen LogP contribution in [0, 0.1) is 10.1 Å². The van der Waals surface area contributed by atoms with Gasteiger partial charge in [-0.05, 0) is 43.7 Å². The Morgan fingerprint density at radius 2 is 1.70 bits per heavy atom. The summed E-state index contributed by atoms with van der Waals surface area (Å²) < 4.78 is 5.11. The van der Waals surface area contributed by atoms with Crippen LogP contribution in [0.25, 0.3) is 5.76 Å². The standard InChI is InChI=1S/C24H27N3O6/c1-4-25(5-2)18-10-6-16(7-11-18)21-20(23(29)24(30)26(21)14-15-33-3)22(28)17-8-12-19(13-9-17)27(31)32/h6-13,21,28H,4-5,14-15H2,1-3H3/b22-20-. The Kier molecular flexibility index (Phi) is 7.44. The van der Waals surface area contributed by atoms with Gasteiger partial charge in [-0.2, -0.15) is 0 Å². The third-order valence-electron chi connectivity index (χ3n) is 5.77. The fourth-order valence-corrected chi connectivity index (χ4v) is 4.00. The van der Waals surface area contributed by atoms with Gasteiger partial charge in [0.2, 0.25) is 0 Å². The van der Waals surface area contributed by atoms with Crippen LogP contribution in [0.15, 0.2) is 54.1 Å². The number of benzene rings is 2. The van der Waals surface area contributed by atoms with Gasteiger partial charge in [0.25, 0.3) is 17.4 Å². The highest BCUT2D eigenvalue weighted by atomic mass is 16.6. The van der Waals surface area contributed by atoms with Crippen molar-refractivity contribution in [2.45, 2.75) is 19.9 Å². The molecule has 1 fully saturated rings. The lowest BCUT2D eigenvalue weighted by Crippen LogP contribution is -2.32. The Morgan fingerprint density at radius 3 is 2.21 bits per heavy atom. The first kappa shape index (κ1) is 23.9. The molecule has 1 N–H and O–H groups in total. The maximum absolute atomic E-state index is 13.0. The van der Waals surface area contributed by atoms with Crippen LogP contribution in [0.4, 0.5) is 11.4 Å². The summed E-state index contributed by atoms with van der Waals surface area (Å²) in [6.07, 6.45) is 0. The van der Waals surface area contributed by atoms with Crippen LogP contribution < -0.4 is 4.90 Å². The molecule has 1 heterocycles. The number of anilines is 1. The van der Waals surface area contributed by atoms with E-state index in [-0.39, 0.29) is 35.7 Å². The van der Waals surface area contributed by atoms with Crippen molar-refractivity contribution in [3.63, 3.8) is 0 Å². The molecule has 1 saturated heterocycles. The lowest BCUT2D eigenvalue weighted by Gasteiger charge is -2.26. The number of non-ortho nitro benzene ring substituents is 1. The van der Waals surface area contributed by atoms with E-state index in [1.807, 2.05) is 24.3 Å². The first-order valence-electron chi connectivity index (χ1n) is 10.7. The van der Waals surface area contributed by atoms with Crippen molar-refractivity contribution in [3.8, 4) is 0 Å². The van der Waals surface area contributed by atoms with Gasteiger partial charge in [0, 0.05) is 50.1 Å². The second kappa shape index (κ2) is 10.3. The Balaban J connectivity index is 2.10. The second-order valence-electron chi connectivity index (χ2n) is 7.55. The van der Waals surface area contributed by atoms with Gasteiger partial charge in [0.05, 0.1) is 23.1 Å². The number of ether oxygens (including phenoxy) is 1. The number of carbonyl (C=O) groups is 2. The molecule has 3 rings (SSSR count). The molecule has 0 aliphatic carbocycles. The molecule has 33 heavy (non-hydrogen) atoms. The number of ketones is 1. The number of aliphatic hydroxyl groups excluding tert-OH is 1. The van der Waals surface area contributed by atoms with E-state index in [1.165, 1.54) is 36.3 Å². The molecule has 2 aromatic rings. The Labute approximate surface area is 192 Å². The predicted octanol–water partition coefficient (Wildman–Crippen LogP) is 3.51. The molecule has 0 radical (unpaired) electrons. The summed E-state index contributed by atoms with van der Waals surface area (Å²) in [7, 11) is 1.50. The number of nitrogens with zero attached hydrogens (tertiary/aromatic N) is 3. The van der Waals surface area contributed by atoms with E-state index in [1.54, 1.807) is 0 Å². The maximum Gasteiger partial charge on any atom is 0.295 e. The highest BCUT2D eigenvalue weighted by molar-refractivity contribution is 6.46. The molecule has 1 aliphatic rings. The molecule has 2 aromatic carbocycles. The molecule has 0 spiro atoms. The second-order valence-corrected chi connectivity index (χ2v) is 7.55. The van der Waals surface area contributed by atoms with Gasteiger partial charge in [0.15, 0.2) is 0 Å². The van der Waals surface area contributed by atoms with Crippen molar-refractivity contribution in [2.24, 2.45) is 0 Å². The van der Waals surface area contributed by atoms with Crippen LogP contribution in [0.5, 0.6) is 0 Å². The molecular weight excluding hydrogens is 426 g/mol. The summed E-state index contributed by atoms with van der Waals surface area (Å²) in [5.74, 6) is -1.91. The number of methoxy groups -OCH3 is 1. The number of nitro benzene ring substituents is 1. The van der Waals surface area contributed by atoms with E-state index < -0.39 is 22.7 Å². The van der Waals surface area contributed by atoms with Crippen LogP contribution in [0.1, 0.15) is 31.0 Å². The quantitative estimate of drug-likeness (QED) is 0.203. The molecule has 174 valence electrons. The number of likely N-dealkylation sites (tertiary alicyclic amines) is 1. The third-order valence-corrected chi connectivity index (χ3v) is 5.77. The van der Waals surface area contributed by atoms with Gasteiger partial charge < -0.3 is 19.6 Å². The molecule has 1 amide bonds. The van der Waals surface area contributed by atoms with E-state index in [2.05, 4.69) is 18.7 Å². The molecule has 9 nitrogen and oxygen atoms in total. The molecular formula is C24H27N3O6. The number of carbonyl (C=O) groups excluding carboxylic acids is 2. The minimum atomic E-state index is -0.806. The van der Waals surface area contributed by atoms with Gasteiger partial charge in [-0.1, -0.05) is 12.1 Å². The van der Waals surface area contributed by atoms with Gasteiger partial charge in [0.1, 0.15) is 5.76 Å². The zero-order chi connectivity index (χ0) is 24.1. The lowest BCUT2D eigenvalue weighted by atomic mass is 9.95. The zero-order valence-corrected chi connectivity index (χ0v) is 18.9. The number of amides is 1. The highest BCUT2D eigenvalue weighted by Crippen LogP contribution is 2.39. The minimum absolute atomic E-state index is 0.0551. The van der Waals surface area contributed by atoms with Crippen LogP contribution in [0.2, 0.25) is 0 Å². The maximum atomic E-state index is 13.0. The average Bonchev–Trinajstić information content (AvgIpc) is 3.08. The Morgan fingerprint density at radius 1 is 1.09 bits per heavy atom. The number of rotatable bonds is 9. The van der Waals surface area contributed by atoms with E-state index in [0.29, 0.717) is 5.56 Å². The topological polar surface area (TPSA) is 113 Å². The van der Waals surface area contributed by atoms with Crippen molar-refractivity contribution >= 4 is 28.8 Å². The highest BCUT2D eigenvalue weighted by Gasteiger charge is 2.45. The molecule has 0 saturated carbocycles.